The zero-order valence-corrected chi connectivity index (χ0v) is 31.1. The summed E-state index contributed by atoms with van der Waals surface area (Å²) in [4.78, 5) is 62.4. The Morgan fingerprint density at radius 2 is 0.962 bits per heavy atom. The van der Waals surface area contributed by atoms with E-state index < -0.39 is 17.4 Å². The van der Waals surface area contributed by atoms with Gasteiger partial charge in [-0.1, -0.05) is 97.4 Å². The predicted molar refractivity (Wildman–Crippen MR) is 210 cm³/mol. The van der Waals surface area contributed by atoms with Gasteiger partial charge in [0, 0.05) is 29.6 Å². The van der Waals surface area contributed by atoms with Gasteiger partial charge in [0.15, 0.2) is 15.4 Å². The van der Waals surface area contributed by atoms with Crippen molar-refractivity contribution >= 4 is 73.0 Å². The number of nitrogens with zero attached hydrogens (tertiary/aromatic N) is 3. The standard InChI is InChI=1S/C38H36N8O4S3/c1-39-32(48)28-22-52-36(41-28)45-34(50)30-24-53-37(43-30)46-33(49)29-23-51-35(42-29)44-31(47)20-12-5-13-21-40-38(25-14-6-2-7-15-25,26-16-8-3-9-17-26)27-18-10-4-11-19-27/h2-4,6-11,14-19,22-24,40H,5,12-13,20-21H2,1H3,(H,39,48)(H,41,45,50)(H,42,44,47)(H,43,46,49). The van der Waals surface area contributed by atoms with Gasteiger partial charge in [-0.3, -0.25) is 35.1 Å². The van der Waals surface area contributed by atoms with Crippen molar-refractivity contribution in [3.05, 3.63) is 141 Å². The molecule has 270 valence electrons. The molecule has 0 unspecified atom stereocenters. The maximum atomic E-state index is 12.8. The molecule has 0 aliphatic carbocycles. The number of hydrogen-bond acceptors (Lipinski definition) is 11. The van der Waals surface area contributed by atoms with E-state index >= 15 is 0 Å². The SMILES string of the molecule is CNC(=O)c1csc(NC(=O)c2csc(NC(=O)c3csc(NC(=O)CCCCCNC(c4ccccc4)(c4ccccc4)c4ccccc4)n3)n2)n1. The molecular formula is C38H36N8O4S3. The first-order chi connectivity index (χ1) is 25.9. The van der Waals surface area contributed by atoms with E-state index in [4.69, 9.17) is 0 Å². The number of rotatable bonds is 16. The molecule has 0 radical (unpaired) electrons. The van der Waals surface area contributed by atoms with Crippen LogP contribution in [0.15, 0.2) is 107 Å². The average Bonchev–Trinajstić information content (AvgIpc) is 3.98. The lowest BCUT2D eigenvalue weighted by Crippen LogP contribution is -2.45. The van der Waals surface area contributed by atoms with Crippen LogP contribution in [0.2, 0.25) is 0 Å². The van der Waals surface area contributed by atoms with Gasteiger partial charge in [0.2, 0.25) is 5.91 Å². The summed E-state index contributed by atoms with van der Waals surface area (Å²) < 4.78 is 0. The van der Waals surface area contributed by atoms with Crippen molar-refractivity contribution in [1.29, 1.82) is 0 Å². The third-order valence-electron chi connectivity index (χ3n) is 8.22. The van der Waals surface area contributed by atoms with Crippen LogP contribution in [0.25, 0.3) is 0 Å². The highest BCUT2D eigenvalue weighted by atomic mass is 32.1. The second kappa shape index (κ2) is 17.7. The zero-order valence-electron chi connectivity index (χ0n) is 28.6. The third kappa shape index (κ3) is 9.25. The molecule has 0 spiro atoms. The molecule has 6 rings (SSSR count). The molecule has 0 aliphatic heterocycles. The first-order valence-corrected chi connectivity index (χ1v) is 19.4. The Balaban J connectivity index is 0.964. The molecule has 12 nitrogen and oxygen atoms in total. The lowest BCUT2D eigenvalue weighted by Gasteiger charge is -2.37. The minimum absolute atomic E-state index is 0.0758. The summed E-state index contributed by atoms with van der Waals surface area (Å²) in [6.45, 7) is 0.738. The summed E-state index contributed by atoms with van der Waals surface area (Å²) >= 11 is 3.32. The van der Waals surface area contributed by atoms with E-state index in [0.717, 1.165) is 70.1 Å². The van der Waals surface area contributed by atoms with Gasteiger partial charge in [0.25, 0.3) is 17.7 Å². The first kappa shape index (κ1) is 37.2. The molecular weight excluding hydrogens is 729 g/mol. The second-order valence-electron chi connectivity index (χ2n) is 11.7. The van der Waals surface area contributed by atoms with Gasteiger partial charge in [0.05, 0.1) is 5.54 Å². The molecule has 0 atom stereocenters. The Morgan fingerprint density at radius 3 is 1.40 bits per heavy atom. The van der Waals surface area contributed by atoms with Gasteiger partial charge >= 0.3 is 0 Å². The molecule has 0 aliphatic rings. The number of aromatic nitrogens is 3. The van der Waals surface area contributed by atoms with Crippen LogP contribution < -0.4 is 26.6 Å². The third-order valence-corrected chi connectivity index (χ3v) is 10.5. The average molecular weight is 765 g/mol. The number of thiazole rings is 3. The monoisotopic (exact) mass is 764 g/mol. The highest BCUT2D eigenvalue weighted by Gasteiger charge is 2.35. The Kier molecular flexibility index (Phi) is 12.4. The zero-order chi connectivity index (χ0) is 37.0. The highest BCUT2D eigenvalue weighted by molar-refractivity contribution is 7.15. The maximum absolute atomic E-state index is 12.8. The molecule has 5 N–H and O–H groups in total. The fraction of sp³-hybridized carbons (Fsp3) is 0.184. The Labute approximate surface area is 318 Å². The fourth-order valence-electron chi connectivity index (χ4n) is 5.67. The van der Waals surface area contributed by atoms with Gasteiger partial charge in [-0.15, -0.1) is 34.0 Å². The van der Waals surface area contributed by atoms with Crippen LogP contribution in [0.4, 0.5) is 15.4 Å². The van der Waals surface area contributed by atoms with Crippen LogP contribution in [0.5, 0.6) is 0 Å². The van der Waals surface area contributed by atoms with Crippen LogP contribution in [0.1, 0.15) is 73.8 Å². The van der Waals surface area contributed by atoms with Crippen molar-refractivity contribution in [3.8, 4) is 0 Å². The minimum Gasteiger partial charge on any atom is -0.354 e. The largest absolute Gasteiger partial charge is 0.354 e. The van der Waals surface area contributed by atoms with E-state index in [1.54, 1.807) is 5.38 Å². The quantitative estimate of drug-likeness (QED) is 0.0519. The molecule has 3 heterocycles. The van der Waals surface area contributed by atoms with Gasteiger partial charge in [-0.05, 0) is 36.1 Å². The number of nitrogens with one attached hydrogen (secondary N) is 5. The highest BCUT2D eigenvalue weighted by Crippen LogP contribution is 2.36. The number of amides is 4. The summed E-state index contributed by atoms with van der Waals surface area (Å²) in [5.41, 5.74) is 3.30. The van der Waals surface area contributed by atoms with Gasteiger partial charge in [-0.2, -0.15) is 0 Å². The number of hydrogen-bond donors (Lipinski definition) is 5. The second-order valence-corrected chi connectivity index (χ2v) is 14.3. The molecule has 3 aromatic heterocycles. The molecule has 53 heavy (non-hydrogen) atoms. The molecule has 0 saturated carbocycles. The van der Waals surface area contributed by atoms with E-state index in [-0.39, 0.29) is 39.2 Å². The van der Waals surface area contributed by atoms with Crippen LogP contribution in [-0.4, -0.2) is 52.2 Å². The number of anilines is 3. The number of benzene rings is 3. The van der Waals surface area contributed by atoms with Crippen molar-refractivity contribution in [1.82, 2.24) is 25.6 Å². The van der Waals surface area contributed by atoms with Crippen LogP contribution >= 0.6 is 34.0 Å². The van der Waals surface area contributed by atoms with Gasteiger partial charge in [0.1, 0.15) is 17.1 Å². The van der Waals surface area contributed by atoms with Crippen LogP contribution in [-0.2, 0) is 10.3 Å². The molecule has 3 aromatic carbocycles. The van der Waals surface area contributed by atoms with Crippen molar-refractivity contribution in [2.24, 2.45) is 0 Å². The van der Waals surface area contributed by atoms with Crippen LogP contribution in [0.3, 0.4) is 0 Å². The van der Waals surface area contributed by atoms with Crippen molar-refractivity contribution in [3.63, 3.8) is 0 Å². The molecule has 0 fully saturated rings. The number of carbonyl (C=O) groups excluding carboxylic acids is 4. The fourth-order valence-corrected chi connectivity index (χ4v) is 7.75. The van der Waals surface area contributed by atoms with E-state index in [0.29, 0.717) is 18.0 Å². The Morgan fingerprint density at radius 1 is 0.547 bits per heavy atom. The summed E-state index contributed by atoms with van der Waals surface area (Å²) in [6, 6.07) is 31.4. The topological polar surface area (TPSA) is 167 Å². The van der Waals surface area contributed by atoms with Crippen molar-refractivity contribution < 1.29 is 19.2 Å². The minimum atomic E-state index is -0.533. The van der Waals surface area contributed by atoms with E-state index in [9.17, 15) is 19.2 Å². The van der Waals surface area contributed by atoms with Gasteiger partial charge < -0.3 is 10.6 Å². The normalized spacial score (nSPS) is 11.1. The Bertz CT molecular complexity index is 2060. The Hall–Kier alpha value is -5.61. The summed E-state index contributed by atoms with van der Waals surface area (Å²) in [5, 5.41) is 19.7. The lowest BCUT2D eigenvalue weighted by molar-refractivity contribution is -0.116. The maximum Gasteiger partial charge on any atom is 0.276 e. The van der Waals surface area contributed by atoms with Crippen molar-refractivity contribution in [2.45, 2.75) is 31.2 Å². The molecule has 4 amide bonds. The van der Waals surface area contributed by atoms with Crippen LogP contribution in [0, 0.1) is 0 Å². The smallest absolute Gasteiger partial charge is 0.276 e. The van der Waals surface area contributed by atoms with E-state index in [1.807, 2.05) is 18.2 Å². The van der Waals surface area contributed by atoms with E-state index in [1.165, 1.54) is 17.8 Å². The summed E-state index contributed by atoms with van der Waals surface area (Å²) in [7, 11) is 1.49. The van der Waals surface area contributed by atoms with Gasteiger partial charge in [-0.25, -0.2) is 15.0 Å². The summed E-state index contributed by atoms with van der Waals surface area (Å²) in [6.07, 6.45) is 2.72. The molecule has 15 heteroatoms. The predicted octanol–water partition coefficient (Wildman–Crippen LogP) is 7.00. The number of unbranched alkanes of at least 4 members (excludes halogenated alkanes) is 2. The molecule has 6 aromatic rings. The lowest BCUT2D eigenvalue weighted by atomic mass is 9.77. The summed E-state index contributed by atoms with van der Waals surface area (Å²) in [5.74, 6) is -1.60. The van der Waals surface area contributed by atoms with E-state index in [2.05, 4.69) is 114 Å². The molecule has 0 bridgehead atoms. The number of carbonyl (C=O) groups is 4. The van der Waals surface area contributed by atoms with Crippen molar-refractivity contribution in [2.75, 3.05) is 29.5 Å². The first-order valence-electron chi connectivity index (χ1n) is 16.8. The molecule has 0 saturated heterocycles.